The fourth-order valence-electron chi connectivity index (χ4n) is 3.86. The van der Waals surface area contributed by atoms with Gasteiger partial charge in [0.15, 0.2) is 4.77 Å². The molecule has 0 saturated heterocycles. The third-order valence-corrected chi connectivity index (χ3v) is 5.78. The van der Waals surface area contributed by atoms with Gasteiger partial charge in [0.25, 0.3) is 5.91 Å². The van der Waals surface area contributed by atoms with Crippen LogP contribution in [-0.2, 0) is 4.79 Å². The number of nitrogens with one attached hydrogen (secondary N) is 3. The molecule has 0 radical (unpaired) electrons. The highest BCUT2D eigenvalue weighted by Gasteiger charge is 2.22. The Morgan fingerprint density at radius 3 is 2.52 bits per heavy atom. The summed E-state index contributed by atoms with van der Waals surface area (Å²) < 4.78 is 16.3. The van der Waals surface area contributed by atoms with Crippen LogP contribution in [0.2, 0.25) is 0 Å². The minimum Gasteiger partial charge on any atom is -0.336 e. The Kier molecular flexibility index (Phi) is 6.27. The van der Waals surface area contributed by atoms with Crippen molar-refractivity contribution in [1.82, 2.24) is 9.55 Å². The standard InChI is InChI=1S/C23H23FN4O2S/c24-18-12-11-16(13-19(18)27-21(29)15-7-3-1-4-8-15)26-22(30)20-14-25-23(31)28(20)17-9-5-2-6-10-17/h2,5-6,9-15H,1,3-4,7-8H2,(H,25,31)(H,26,30)(H,27,29). The monoisotopic (exact) mass is 438 g/mol. The molecule has 0 bridgehead atoms. The zero-order valence-corrected chi connectivity index (χ0v) is 17.7. The number of aromatic amines is 1. The number of aromatic nitrogens is 2. The predicted octanol–water partition coefficient (Wildman–Crippen LogP) is 5.45. The van der Waals surface area contributed by atoms with Gasteiger partial charge >= 0.3 is 0 Å². The lowest BCUT2D eigenvalue weighted by Crippen LogP contribution is -2.25. The van der Waals surface area contributed by atoms with Crippen LogP contribution in [0.5, 0.6) is 0 Å². The van der Waals surface area contributed by atoms with E-state index in [-0.39, 0.29) is 17.5 Å². The number of rotatable bonds is 5. The van der Waals surface area contributed by atoms with E-state index >= 15 is 0 Å². The summed E-state index contributed by atoms with van der Waals surface area (Å²) in [6.45, 7) is 0. The molecule has 160 valence electrons. The first-order chi connectivity index (χ1) is 15.0. The Hall–Kier alpha value is -3.26. The maximum absolute atomic E-state index is 14.3. The summed E-state index contributed by atoms with van der Waals surface area (Å²) in [5.74, 6) is -1.23. The van der Waals surface area contributed by atoms with Crippen LogP contribution in [0.1, 0.15) is 42.6 Å². The molecule has 1 saturated carbocycles. The van der Waals surface area contributed by atoms with Gasteiger partial charge in [0.2, 0.25) is 5.91 Å². The summed E-state index contributed by atoms with van der Waals surface area (Å²) in [5.41, 5.74) is 1.49. The summed E-state index contributed by atoms with van der Waals surface area (Å²) in [4.78, 5) is 28.3. The maximum Gasteiger partial charge on any atom is 0.274 e. The second-order valence-electron chi connectivity index (χ2n) is 7.62. The van der Waals surface area contributed by atoms with Gasteiger partial charge in [-0.05, 0) is 55.4 Å². The number of carbonyl (C=O) groups is 2. The number of nitrogens with zero attached hydrogens (tertiary/aromatic N) is 1. The highest BCUT2D eigenvalue weighted by Crippen LogP contribution is 2.27. The maximum atomic E-state index is 14.3. The van der Waals surface area contributed by atoms with Crippen molar-refractivity contribution in [2.75, 3.05) is 10.6 Å². The molecule has 1 aliphatic carbocycles. The summed E-state index contributed by atoms with van der Waals surface area (Å²) in [7, 11) is 0. The van der Waals surface area contributed by atoms with E-state index in [0.717, 1.165) is 37.8 Å². The Morgan fingerprint density at radius 2 is 1.77 bits per heavy atom. The second-order valence-corrected chi connectivity index (χ2v) is 8.01. The zero-order chi connectivity index (χ0) is 21.8. The van der Waals surface area contributed by atoms with E-state index in [9.17, 15) is 14.0 Å². The first-order valence-corrected chi connectivity index (χ1v) is 10.7. The number of para-hydroxylation sites is 1. The second kappa shape index (κ2) is 9.26. The van der Waals surface area contributed by atoms with Crippen molar-refractivity contribution in [3.8, 4) is 5.69 Å². The van der Waals surface area contributed by atoms with E-state index in [4.69, 9.17) is 12.2 Å². The topological polar surface area (TPSA) is 78.9 Å². The van der Waals surface area contributed by atoms with Crippen molar-refractivity contribution < 1.29 is 14.0 Å². The third-order valence-electron chi connectivity index (χ3n) is 5.48. The van der Waals surface area contributed by atoms with Gasteiger partial charge < -0.3 is 15.6 Å². The van der Waals surface area contributed by atoms with Gasteiger partial charge in [0.1, 0.15) is 11.5 Å². The molecule has 2 amide bonds. The molecular formula is C23H23FN4O2S. The fraction of sp³-hybridized carbons (Fsp3) is 0.261. The van der Waals surface area contributed by atoms with Crippen molar-refractivity contribution in [2.24, 2.45) is 5.92 Å². The number of hydrogen-bond acceptors (Lipinski definition) is 3. The van der Waals surface area contributed by atoms with Crippen molar-refractivity contribution in [2.45, 2.75) is 32.1 Å². The number of halogens is 1. The number of anilines is 2. The Balaban J connectivity index is 1.53. The number of imidazole rings is 1. The van der Waals surface area contributed by atoms with Gasteiger partial charge in [-0.1, -0.05) is 37.5 Å². The lowest BCUT2D eigenvalue weighted by Gasteiger charge is -2.21. The average molecular weight is 439 g/mol. The SMILES string of the molecule is O=C(Nc1ccc(F)c(NC(=O)C2CCCCC2)c1)c1c[nH]c(=S)n1-c1ccccc1. The minimum absolute atomic E-state index is 0.0577. The molecule has 2 aromatic carbocycles. The summed E-state index contributed by atoms with van der Waals surface area (Å²) in [6, 6.07) is 13.4. The quantitative estimate of drug-likeness (QED) is 0.464. The minimum atomic E-state index is -0.545. The van der Waals surface area contributed by atoms with Crippen LogP contribution in [0, 0.1) is 16.5 Å². The Labute approximate surface area is 184 Å². The van der Waals surface area contributed by atoms with E-state index in [0.29, 0.717) is 16.2 Å². The molecule has 1 aromatic heterocycles. The molecule has 4 rings (SSSR count). The number of carbonyl (C=O) groups excluding carboxylic acids is 2. The van der Waals surface area contributed by atoms with Gasteiger partial charge in [-0.3, -0.25) is 14.2 Å². The van der Waals surface area contributed by atoms with Gasteiger partial charge in [-0.25, -0.2) is 4.39 Å². The number of hydrogen-bond donors (Lipinski definition) is 3. The van der Waals surface area contributed by atoms with E-state index < -0.39 is 11.7 Å². The molecule has 6 nitrogen and oxygen atoms in total. The Morgan fingerprint density at radius 1 is 1.03 bits per heavy atom. The first kappa shape index (κ1) is 21.0. The number of benzene rings is 2. The summed E-state index contributed by atoms with van der Waals surface area (Å²) in [6.07, 6.45) is 6.33. The average Bonchev–Trinajstić information content (AvgIpc) is 3.18. The van der Waals surface area contributed by atoms with Crippen molar-refractivity contribution in [1.29, 1.82) is 0 Å². The lowest BCUT2D eigenvalue weighted by atomic mass is 9.88. The molecule has 3 aromatic rings. The number of amides is 2. The first-order valence-electron chi connectivity index (χ1n) is 10.3. The molecule has 3 N–H and O–H groups in total. The molecule has 8 heteroatoms. The van der Waals surface area contributed by atoms with Crippen LogP contribution >= 0.6 is 12.2 Å². The predicted molar refractivity (Wildman–Crippen MR) is 121 cm³/mol. The normalized spacial score (nSPS) is 14.2. The zero-order valence-electron chi connectivity index (χ0n) is 16.9. The molecule has 31 heavy (non-hydrogen) atoms. The molecule has 0 aliphatic heterocycles. The highest BCUT2D eigenvalue weighted by atomic mass is 32.1. The van der Waals surface area contributed by atoms with E-state index in [1.54, 1.807) is 4.57 Å². The van der Waals surface area contributed by atoms with Crippen LogP contribution < -0.4 is 10.6 Å². The smallest absolute Gasteiger partial charge is 0.274 e. The number of H-pyrrole nitrogens is 1. The van der Waals surface area contributed by atoms with Crippen LogP contribution in [-0.4, -0.2) is 21.4 Å². The fourth-order valence-corrected chi connectivity index (χ4v) is 4.13. The van der Waals surface area contributed by atoms with Crippen molar-refractivity contribution in [3.63, 3.8) is 0 Å². The van der Waals surface area contributed by atoms with Crippen LogP contribution in [0.4, 0.5) is 15.8 Å². The Bertz CT molecular complexity index is 1150. The van der Waals surface area contributed by atoms with Gasteiger partial charge in [0, 0.05) is 23.5 Å². The lowest BCUT2D eigenvalue weighted by molar-refractivity contribution is -0.120. The van der Waals surface area contributed by atoms with Crippen LogP contribution in [0.25, 0.3) is 5.69 Å². The molecule has 0 atom stereocenters. The van der Waals surface area contributed by atoms with Gasteiger partial charge in [-0.15, -0.1) is 0 Å². The van der Waals surface area contributed by atoms with Gasteiger partial charge in [0.05, 0.1) is 5.69 Å². The molecule has 1 heterocycles. The molecule has 0 unspecified atom stereocenters. The van der Waals surface area contributed by atoms with E-state index in [1.165, 1.54) is 24.4 Å². The van der Waals surface area contributed by atoms with E-state index in [2.05, 4.69) is 15.6 Å². The third kappa shape index (κ3) is 4.74. The molecular weight excluding hydrogens is 415 g/mol. The molecule has 1 aliphatic rings. The summed E-state index contributed by atoms with van der Waals surface area (Å²) >= 11 is 5.32. The van der Waals surface area contributed by atoms with Gasteiger partial charge in [-0.2, -0.15) is 0 Å². The largest absolute Gasteiger partial charge is 0.336 e. The summed E-state index contributed by atoms with van der Waals surface area (Å²) in [5, 5.41) is 5.44. The van der Waals surface area contributed by atoms with E-state index in [1.807, 2.05) is 30.3 Å². The van der Waals surface area contributed by atoms with Crippen LogP contribution in [0.15, 0.2) is 54.7 Å². The van der Waals surface area contributed by atoms with Crippen LogP contribution in [0.3, 0.4) is 0 Å². The molecule has 1 fully saturated rings. The highest BCUT2D eigenvalue weighted by molar-refractivity contribution is 7.71. The van der Waals surface area contributed by atoms with Crippen molar-refractivity contribution >= 4 is 35.4 Å². The molecule has 0 spiro atoms. The van der Waals surface area contributed by atoms with Crippen molar-refractivity contribution in [3.05, 3.63) is 71.0 Å².